The quantitative estimate of drug-likeness (QED) is 0.175. The molecule has 8 aromatic carbocycles. The smallest absolute Gasteiger partial charge is 0.165 e. The molecule has 4 heterocycles. The largest absolute Gasteiger partial charge is 0.309 e. The van der Waals surface area contributed by atoms with Gasteiger partial charge < -0.3 is 4.57 Å². The van der Waals surface area contributed by atoms with Gasteiger partial charge in [0, 0.05) is 73.5 Å². The van der Waals surface area contributed by atoms with Crippen molar-refractivity contribution < 1.29 is 0 Å². The number of benzene rings is 8. The molecule has 57 heavy (non-hydrogen) atoms. The van der Waals surface area contributed by atoms with Crippen LogP contribution < -0.4 is 0 Å². The Labute approximate surface area is 335 Å². The van der Waals surface area contributed by atoms with E-state index in [9.17, 15) is 0 Å². The van der Waals surface area contributed by atoms with E-state index in [1.807, 2.05) is 0 Å². The predicted octanol–water partition coefficient (Wildman–Crippen LogP) is 14.4. The van der Waals surface area contributed by atoms with Crippen LogP contribution in [0.25, 0.3) is 113 Å². The van der Waals surface area contributed by atoms with E-state index in [0.29, 0.717) is 17.5 Å². The molecule has 0 fully saturated rings. The van der Waals surface area contributed by atoms with Crippen LogP contribution in [-0.4, -0.2) is 19.5 Å². The van der Waals surface area contributed by atoms with Gasteiger partial charge in [0.1, 0.15) is 0 Å². The summed E-state index contributed by atoms with van der Waals surface area (Å²) in [5, 5.41) is 7.32. The molecule has 266 valence electrons. The number of hydrogen-bond acceptors (Lipinski definition) is 5. The van der Waals surface area contributed by atoms with Gasteiger partial charge in [-0.05, 0) is 71.8 Å². The number of thiophene rings is 2. The van der Waals surface area contributed by atoms with Crippen LogP contribution in [0, 0.1) is 0 Å². The van der Waals surface area contributed by atoms with Gasteiger partial charge in [-0.25, -0.2) is 15.0 Å². The Morgan fingerprint density at radius 2 is 0.895 bits per heavy atom. The van der Waals surface area contributed by atoms with Gasteiger partial charge in [0.25, 0.3) is 0 Å². The van der Waals surface area contributed by atoms with Gasteiger partial charge in [-0.2, -0.15) is 0 Å². The monoisotopic (exact) mass is 762 g/mol. The summed E-state index contributed by atoms with van der Waals surface area (Å²) in [4.78, 5) is 15.8. The van der Waals surface area contributed by atoms with Crippen LogP contribution in [-0.2, 0) is 0 Å². The van der Waals surface area contributed by atoms with Crippen molar-refractivity contribution >= 4 is 84.8 Å². The maximum atomic E-state index is 5.29. The Hall–Kier alpha value is -6.99. The number of rotatable bonds is 5. The van der Waals surface area contributed by atoms with Gasteiger partial charge in [0.15, 0.2) is 17.5 Å². The highest BCUT2D eigenvalue weighted by atomic mass is 32.1. The lowest BCUT2D eigenvalue weighted by Gasteiger charge is -2.11. The van der Waals surface area contributed by atoms with E-state index in [4.69, 9.17) is 15.0 Å². The summed E-state index contributed by atoms with van der Waals surface area (Å²) < 4.78 is 7.28. The number of para-hydroxylation sites is 1. The fraction of sp³-hybridized carbons (Fsp3) is 0. The molecule has 0 amide bonds. The molecule has 4 nitrogen and oxygen atoms in total. The van der Waals surface area contributed by atoms with Crippen molar-refractivity contribution in [3.63, 3.8) is 0 Å². The fourth-order valence-electron chi connectivity index (χ4n) is 8.37. The van der Waals surface area contributed by atoms with Gasteiger partial charge in [-0.3, -0.25) is 0 Å². The summed E-state index contributed by atoms with van der Waals surface area (Å²) in [7, 11) is 0. The van der Waals surface area contributed by atoms with E-state index in [1.54, 1.807) is 22.7 Å². The van der Waals surface area contributed by atoms with Gasteiger partial charge in [0.05, 0.1) is 11.0 Å². The van der Waals surface area contributed by atoms with Crippen LogP contribution in [0.2, 0.25) is 0 Å². The van der Waals surface area contributed by atoms with Gasteiger partial charge in [0.2, 0.25) is 0 Å². The molecular formula is C51H30N4S2. The molecule has 6 heteroatoms. The third-order valence-corrected chi connectivity index (χ3v) is 13.4. The first-order valence-corrected chi connectivity index (χ1v) is 20.6. The summed E-state index contributed by atoms with van der Waals surface area (Å²) in [6.07, 6.45) is 0. The maximum Gasteiger partial charge on any atom is 0.165 e. The Bertz CT molecular complexity index is 3520. The van der Waals surface area contributed by atoms with E-state index >= 15 is 0 Å². The summed E-state index contributed by atoms with van der Waals surface area (Å²) in [5.41, 5.74) is 8.74. The summed E-state index contributed by atoms with van der Waals surface area (Å²) >= 11 is 3.60. The van der Waals surface area contributed by atoms with Crippen LogP contribution in [0.3, 0.4) is 0 Å². The molecule has 0 saturated heterocycles. The van der Waals surface area contributed by atoms with Crippen molar-refractivity contribution in [3.8, 4) is 51.0 Å². The third kappa shape index (κ3) is 5.22. The molecule has 0 saturated carbocycles. The van der Waals surface area contributed by atoms with Crippen molar-refractivity contribution in [1.82, 2.24) is 19.5 Å². The normalized spacial score (nSPS) is 11.9. The van der Waals surface area contributed by atoms with E-state index in [2.05, 4.69) is 187 Å². The topological polar surface area (TPSA) is 43.6 Å². The average molecular weight is 763 g/mol. The zero-order chi connectivity index (χ0) is 37.5. The average Bonchev–Trinajstić information content (AvgIpc) is 3.96. The van der Waals surface area contributed by atoms with Crippen LogP contribution in [0.1, 0.15) is 0 Å². The van der Waals surface area contributed by atoms with Crippen LogP contribution in [0.5, 0.6) is 0 Å². The lowest BCUT2D eigenvalue weighted by atomic mass is 10.1. The Morgan fingerprint density at radius 3 is 1.70 bits per heavy atom. The number of fused-ring (bicyclic) bond motifs is 9. The first-order chi connectivity index (χ1) is 28.2. The molecule has 0 radical (unpaired) electrons. The second kappa shape index (κ2) is 12.8. The van der Waals surface area contributed by atoms with E-state index < -0.39 is 0 Å². The van der Waals surface area contributed by atoms with Crippen LogP contribution in [0.4, 0.5) is 0 Å². The molecule has 4 aromatic heterocycles. The molecule has 0 atom stereocenters. The Balaban J connectivity index is 1.05. The maximum absolute atomic E-state index is 5.29. The Morgan fingerprint density at radius 1 is 0.333 bits per heavy atom. The van der Waals surface area contributed by atoms with E-state index in [-0.39, 0.29) is 0 Å². The summed E-state index contributed by atoms with van der Waals surface area (Å²) in [5.74, 6) is 1.98. The highest BCUT2D eigenvalue weighted by Crippen LogP contribution is 2.41. The molecule has 0 spiro atoms. The second-order valence-electron chi connectivity index (χ2n) is 14.4. The first-order valence-electron chi connectivity index (χ1n) is 19.0. The molecule has 12 rings (SSSR count). The second-order valence-corrected chi connectivity index (χ2v) is 16.5. The number of aromatic nitrogens is 4. The Kier molecular flexibility index (Phi) is 7.24. The molecule has 12 aromatic rings. The van der Waals surface area contributed by atoms with Crippen molar-refractivity contribution in [2.75, 3.05) is 0 Å². The lowest BCUT2D eigenvalue weighted by Crippen LogP contribution is -2.00. The fourth-order valence-corrected chi connectivity index (χ4v) is 10.7. The summed E-state index contributed by atoms with van der Waals surface area (Å²) in [6.45, 7) is 0. The van der Waals surface area contributed by atoms with E-state index in [1.165, 1.54) is 56.9 Å². The molecule has 0 aliphatic heterocycles. The standard InChI is InChI=1S/C51H30N4S2/c1-2-11-31(12-3-1)32-21-25-35(26-22-32)55-43-18-7-4-13-36(43)42-29-33(24-28-44(42)55)49-52-50(34-23-27-39-37-14-5-8-19-45(37)56-47(39)30-34)54-51(53-49)41-17-10-16-40-38-15-6-9-20-46(38)57-48(40)41/h1-30H. The summed E-state index contributed by atoms with van der Waals surface area (Å²) in [6, 6.07) is 65.0. The molecule has 0 unspecified atom stereocenters. The van der Waals surface area contributed by atoms with Gasteiger partial charge in [-0.15, -0.1) is 22.7 Å². The number of hydrogen-bond donors (Lipinski definition) is 0. The van der Waals surface area contributed by atoms with Crippen molar-refractivity contribution in [2.45, 2.75) is 0 Å². The molecule has 0 aliphatic rings. The minimum Gasteiger partial charge on any atom is -0.309 e. The minimum atomic E-state index is 0.649. The van der Waals surface area contributed by atoms with Crippen molar-refractivity contribution in [1.29, 1.82) is 0 Å². The zero-order valence-electron chi connectivity index (χ0n) is 30.4. The predicted molar refractivity (Wildman–Crippen MR) is 242 cm³/mol. The van der Waals surface area contributed by atoms with Crippen molar-refractivity contribution in [3.05, 3.63) is 182 Å². The first kappa shape index (κ1) is 32.3. The third-order valence-electron chi connectivity index (χ3n) is 11.1. The zero-order valence-corrected chi connectivity index (χ0v) is 32.1. The molecule has 0 aliphatic carbocycles. The highest BCUT2D eigenvalue weighted by Gasteiger charge is 2.19. The minimum absolute atomic E-state index is 0.649. The van der Waals surface area contributed by atoms with Crippen LogP contribution in [0.15, 0.2) is 182 Å². The van der Waals surface area contributed by atoms with Crippen LogP contribution >= 0.6 is 22.7 Å². The van der Waals surface area contributed by atoms with Gasteiger partial charge >= 0.3 is 0 Å². The van der Waals surface area contributed by atoms with Crippen molar-refractivity contribution in [2.24, 2.45) is 0 Å². The van der Waals surface area contributed by atoms with Gasteiger partial charge in [-0.1, -0.05) is 121 Å². The number of nitrogens with zero attached hydrogens (tertiary/aromatic N) is 4. The SMILES string of the molecule is c1ccc(-c2ccc(-n3c4ccccc4c4cc(-c5nc(-c6ccc7c(c6)sc6ccccc67)nc(-c6cccc7c6sc6ccccc67)n5)ccc43)cc2)cc1. The molecule has 0 bridgehead atoms. The molecular weight excluding hydrogens is 733 g/mol. The molecule has 0 N–H and O–H groups in total. The lowest BCUT2D eigenvalue weighted by molar-refractivity contribution is 1.08. The van der Waals surface area contributed by atoms with E-state index in [0.717, 1.165) is 38.8 Å². The highest BCUT2D eigenvalue weighted by molar-refractivity contribution is 7.26.